The zero-order valence-electron chi connectivity index (χ0n) is 7.79. The molecule has 1 N–H and O–H groups in total. The lowest BCUT2D eigenvalue weighted by Crippen LogP contribution is -1.98. The summed E-state index contributed by atoms with van der Waals surface area (Å²) in [5, 5.41) is 11.8. The zero-order chi connectivity index (χ0) is 9.68. The van der Waals surface area contributed by atoms with Gasteiger partial charge >= 0.3 is 0 Å². The van der Waals surface area contributed by atoms with Crippen LogP contribution in [-0.4, -0.2) is 13.7 Å². The molecule has 0 aliphatic rings. The van der Waals surface area contributed by atoms with Crippen molar-refractivity contribution in [3.8, 4) is 11.8 Å². The van der Waals surface area contributed by atoms with Crippen molar-refractivity contribution in [2.24, 2.45) is 0 Å². The molecule has 1 aromatic carbocycles. The molecule has 0 bridgehead atoms. The van der Waals surface area contributed by atoms with E-state index in [2.05, 4.69) is 11.4 Å². The highest BCUT2D eigenvalue weighted by atomic mass is 16.5. The fourth-order valence-corrected chi connectivity index (χ4v) is 1.13. The van der Waals surface area contributed by atoms with Crippen molar-refractivity contribution >= 4 is 5.69 Å². The van der Waals surface area contributed by atoms with Crippen LogP contribution in [0.4, 0.5) is 5.69 Å². The summed E-state index contributed by atoms with van der Waals surface area (Å²) in [6, 6.07) is 7.61. The molecular weight excluding hydrogens is 164 g/mol. The fourth-order valence-electron chi connectivity index (χ4n) is 1.13. The van der Waals surface area contributed by atoms with E-state index >= 15 is 0 Å². The summed E-state index contributed by atoms with van der Waals surface area (Å²) in [5.41, 5.74) is 1.36. The number of hydrogen-bond acceptors (Lipinski definition) is 3. The van der Waals surface area contributed by atoms with Crippen molar-refractivity contribution in [3.63, 3.8) is 0 Å². The average Bonchev–Trinajstić information content (AvgIpc) is 2.18. The van der Waals surface area contributed by atoms with Crippen molar-refractivity contribution in [2.75, 3.05) is 19.0 Å². The Hall–Kier alpha value is -1.69. The first-order valence-corrected chi connectivity index (χ1v) is 4.17. The van der Waals surface area contributed by atoms with Gasteiger partial charge in [-0.2, -0.15) is 5.26 Å². The summed E-state index contributed by atoms with van der Waals surface area (Å²) in [4.78, 5) is 0. The Morgan fingerprint density at radius 3 is 2.85 bits per heavy atom. The minimum Gasteiger partial charge on any atom is -0.492 e. The Kier molecular flexibility index (Phi) is 3.15. The summed E-state index contributed by atoms with van der Waals surface area (Å²) < 4.78 is 5.31. The molecule has 3 nitrogen and oxygen atoms in total. The number of anilines is 1. The number of benzene rings is 1. The molecule has 0 heterocycles. The van der Waals surface area contributed by atoms with Crippen LogP contribution >= 0.6 is 0 Å². The standard InChI is InChI=1S/C10H12N2O/c1-3-13-10-6-4-5-9(12-2)8(10)7-11/h4-6,12H,3H2,1-2H3. The molecule has 1 rings (SSSR count). The highest BCUT2D eigenvalue weighted by Gasteiger charge is 2.06. The summed E-state index contributed by atoms with van der Waals surface area (Å²) in [6.45, 7) is 2.47. The van der Waals surface area contributed by atoms with Gasteiger partial charge in [-0.1, -0.05) is 6.07 Å². The second-order valence-corrected chi connectivity index (χ2v) is 2.47. The lowest BCUT2D eigenvalue weighted by molar-refractivity contribution is 0.339. The Bertz CT molecular complexity index is 328. The molecule has 1 aromatic rings. The minimum absolute atomic E-state index is 0.562. The van der Waals surface area contributed by atoms with Gasteiger partial charge in [0.15, 0.2) is 0 Å². The maximum atomic E-state index is 8.89. The molecule has 0 aliphatic carbocycles. The Morgan fingerprint density at radius 1 is 1.54 bits per heavy atom. The molecular formula is C10H12N2O. The van der Waals surface area contributed by atoms with Crippen molar-refractivity contribution in [3.05, 3.63) is 23.8 Å². The molecule has 0 unspecified atom stereocenters. The topological polar surface area (TPSA) is 45.0 Å². The molecule has 0 saturated carbocycles. The summed E-state index contributed by atoms with van der Waals surface area (Å²) in [6.07, 6.45) is 0. The quantitative estimate of drug-likeness (QED) is 0.766. The Balaban J connectivity index is 3.13. The van der Waals surface area contributed by atoms with Gasteiger partial charge in [0.1, 0.15) is 17.4 Å². The van der Waals surface area contributed by atoms with E-state index < -0.39 is 0 Å². The van der Waals surface area contributed by atoms with Crippen LogP contribution in [0.15, 0.2) is 18.2 Å². The number of ether oxygens (including phenoxy) is 1. The van der Waals surface area contributed by atoms with Gasteiger partial charge in [0.05, 0.1) is 12.3 Å². The van der Waals surface area contributed by atoms with Crippen LogP contribution in [0.2, 0.25) is 0 Å². The van der Waals surface area contributed by atoms with E-state index in [-0.39, 0.29) is 0 Å². The van der Waals surface area contributed by atoms with Crippen LogP contribution < -0.4 is 10.1 Å². The number of nitrogens with zero attached hydrogens (tertiary/aromatic N) is 1. The molecule has 0 amide bonds. The number of rotatable bonds is 3. The molecule has 0 atom stereocenters. The molecule has 0 radical (unpaired) electrons. The van der Waals surface area contributed by atoms with Crippen molar-refractivity contribution < 1.29 is 4.74 Å². The maximum Gasteiger partial charge on any atom is 0.139 e. The molecule has 0 aliphatic heterocycles. The van der Waals surface area contributed by atoms with Crippen LogP contribution in [0, 0.1) is 11.3 Å². The molecule has 68 valence electrons. The van der Waals surface area contributed by atoms with Crippen molar-refractivity contribution in [1.82, 2.24) is 0 Å². The fraction of sp³-hybridized carbons (Fsp3) is 0.300. The lowest BCUT2D eigenvalue weighted by Gasteiger charge is -2.08. The molecule has 0 spiro atoms. The molecule has 3 heteroatoms. The van der Waals surface area contributed by atoms with Gasteiger partial charge in [0.2, 0.25) is 0 Å². The largest absolute Gasteiger partial charge is 0.492 e. The van der Waals surface area contributed by atoms with Crippen molar-refractivity contribution in [1.29, 1.82) is 5.26 Å². The van der Waals surface area contributed by atoms with E-state index in [4.69, 9.17) is 10.00 Å². The van der Waals surface area contributed by atoms with Gasteiger partial charge in [-0.25, -0.2) is 0 Å². The Morgan fingerprint density at radius 2 is 2.31 bits per heavy atom. The first-order chi connectivity index (χ1) is 6.33. The third-order valence-electron chi connectivity index (χ3n) is 1.71. The maximum absolute atomic E-state index is 8.89. The summed E-state index contributed by atoms with van der Waals surface area (Å²) in [7, 11) is 1.78. The molecule has 0 saturated heterocycles. The average molecular weight is 176 g/mol. The highest BCUT2D eigenvalue weighted by Crippen LogP contribution is 2.24. The van der Waals surface area contributed by atoms with Gasteiger partial charge in [0, 0.05) is 7.05 Å². The second kappa shape index (κ2) is 4.36. The molecule has 0 aromatic heterocycles. The van der Waals surface area contributed by atoms with Crippen LogP contribution in [0.25, 0.3) is 0 Å². The highest BCUT2D eigenvalue weighted by molar-refractivity contribution is 5.63. The van der Waals surface area contributed by atoms with Crippen LogP contribution in [0.5, 0.6) is 5.75 Å². The third-order valence-corrected chi connectivity index (χ3v) is 1.71. The van der Waals surface area contributed by atoms with Gasteiger partial charge in [-0.05, 0) is 19.1 Å². The normalized spacial score (nSPS) is 9.00. The zero-order valence-corrected chi connectivity index (χ0v) is 7.79. The predicted octanol–water partition coefficient (Wildman–Crippen LogP) is 2.00. The van der Waals surface area contributed by atoms with E-state index in [1.807, 2.05) is 19.1 Å². The monoisotopic (exact) mass is 176 g/mol. The number of nitrogens with one attached hydrogen (secondary N) is 1. The first kappa shape index (κ1) is 9.40. The van der Waals surface area contributed by atoms with E-state index in [0.29, 0.717) is 17.9 Å². The summed E-state index contributed by atoms with van der Waals surface area (Å²) >= 11 is 0. The number of hydrogen-bond donors (Lipinski definition) is 1. The smallest absolute Gasteiger partial charge is 0.139 e. The summed E-state index contributed by atoms with van der Waals surface area (Å²) in [5.74, 6) is 0.636. The lowest BCUT2D eigenvalue weighted by atomic mass is 10.2. The predicted molar refractivity (Wildman–Crippen MR) is 51.9 cm³/mol. The van der Waals surface area contributed by atoms with Crippen LogP contribution in [0.1, 0.15) is 12.5 Å². The molecule has 13 heavy (non-hydrogen) atoms. The third kappa shape index (κ3) is 1.91. The van der Waals surface area contributed by atoms with E-state index in [9.17, 15) is 0 Å². The molecule has 0 fully saturated rings. The Labute approximate surface area is 77.9 Å². The number of nitriles is 1. The van der Waals surface area contributed by atoms with Crippen molar-refractivity contribution in [2.45, 2.75) is 6.92 Å². The van der Waals surface area contributed by atoms with E-state index in [0.717, 1.165) is 5.69 Å². The van der Waals surface area contributed by atoms with Crippen LogP contribution in [0.3, 0.4) is 0 Å². The van der Waals surface area contributed by atoms with Gasteiger partial charge in [-0.3, -0.25) is 0 Å². The van der Waals surface area contributed by atoms with Gasteiger partial charge < -0.3 is 10.1 Å². The van der Waals surface area contributed by atoms with Crippen LogP contribution in [-0.2, 0) is 0 Å². The van der Waals surface area contributed by atoms with Gasteiger partial charge in [0.25, 0.3) is 0 Å². The van der Waals surface area contributed by atoms with Gasteiger partial charge in [-0.15, -0.1) is 0 Å². The van der Waals surface area contributed by atoms with E-state index in [1.165, 1.54) is 0 Å². The minimum atomic E-state index is 0.562. The first-order valence-electron chi connectivity index (χ1n) is 4.17. The SMILES string of the molecule is CCOc1cccc(NC)c1C#N. The van der Waals surface area contributed by atoms with E-state index in [1.54, 1.807) is 13.1 Å². The second-order valence-electron chi connectivity index (χ2n) is 2.47.